The fourth-order valence-electron chi connectivity index (χ4n) is 4.85. The highest BCUT2D eigenvalue weighted by atomic mass is 32.1. The predicted molar refractivity (Wildman–Crippen MR) is 112 cm³/mol. The molecule has 1 aromatic carbocycles. The van der Waals surface area contributed by atoms with Crippen LogP contribution in [0.3, 0.4) is 0 Å². The van der Waals surface area contributed by atoms with Crippen LogP contribution in [0.25, 0.3) is 5.57 Å². The highest BCUT2D eigenvalue weighted by molar-refractivity contribution is 7.11. The third-order valence-electron chi connectivity index (χ3n) is 6.21. The molecule has 2 aromatic rings. The fraction of sp³-hybridized carbons (Fsp3) is 0.391. The fourth-order valence-corrected chi connectivity index (χ4v) is 5.61. The van der Waals surface area contributed by atoms with Crippen LogP contribution >= 0.6 is 11.3 Å². The molecule has 5 heteroatoms. The number of hydrogen-bond acceptors (Lipinski definition) is 4. The summed E-state index contributed by atoms with van der Waals surface area (Å²) >= 11 is 1.54. The minimum atomic E-state index is -0.1000. The maximum Gasteiger partial charge on any atom is 0.278 e. The molecular weight excluding hydrogens is 368 g/mol. The van der Waals surface area contributed by atoms with E-state index in [4.69, 9.17) is 0 Å². The van der Waals surface area contributed by atoms with Gasteiger partial charge in [-0.3, -0.25) is 14.5 Å². The first-order chi connectivity index (χ1) is 13.8. The Kier molecular flexibility index (Phi) is 4.55. The molecule has 0 saturated heterocycles. The number of thiophene rings is 1. The number of hydrogen-bond donors (Lipinski definition) is 0. The summed E-state index contributed by atoms with van der Waals surface area (Å²) in [6.45, 7) is 0.751. The Balaban J connectivity index is 1.59. The second-order valence-corrected chi connectivity index (χ2v) is 8.80. The molecule has 3 heterocycles. The summed E-state index contributed by atoms with van der Waals surface area (Å²) in [7, 11) is 0. The third kappa shape index (κ3) is 2.80. The first-order valence-electron chi connectivity index (χ1n) is 10.3. The van der Waals surface area contributed by atoms with Crippen molar-refractivity contribution in [2.45, 2.75) is 51.0 Å². The molecule has 144 valence electrons. The Morgan fingerprint density at radius 2 is 1.68 bits per heavy atom. The van der Waals surface area contributed by atoms with Crippen molar-refractivity contribution in [1.29, 1.82) is 0 Å². The minimum absolute atomic E-state index is 0.0350. The predicted octanol–water partition coefficient (Wildman–Crippen LogP) is 4.61. The van der Waals surface area contributed by atoms with Gasteiger partial charge in [-0.05, 0) is 42.3 Å². The number of carbonyl (C=O) groups is 2. The number of amides is 2. The van der Waals surface area contributed by atoms with Gasteiger partial charge in [0.25, 0.3) is 11.8 Å². The van der Waals surface area contributed by atoms with Crippen LogP contribution in [0.5, 0.6) is 0 Å². The van der Waals surface area contributed by atoms with Crippen LogP contribution in [-0.2, 0) is 16.0 Å². The number of anilines is 1. The molecule has 28 heavy (non-hydrogen) atoms. The summed E-state index contributed by atoms with van der Waals surface area (Å²) in [5, 5.41) is 1.98. The van der Waals surface area contributed by atoms with Crippen LogP contribution in [0.2, 0.25) is 0 Å². The first kappa shape index (κ1) is 17.7. The molecule has 1 aromatic heterocycles. The SMILES string of the molecule is O=C1C(c2cccs2)=C(N2CCc3ccccc32)C(=O)N1C1CCCCCC1. The number of benzene rings is 1. The van der Waals surface area contributed by atoms with Crippen molar-refractivity contribution >= 4 is 34.4 Å². The van der Waals surface area contributed by atoms with Crippen molar-refractivity contribution in [1.82, 2.24) is 4.90 Å². The van der Waals surface area contributed by atoms with Crippen molar-refractivity contribution in [3.8, 4) is 0 Å². The van der Waals surface area contributed by atoms with Gasteiger partial charge in [-0.2, -0.15) is 0 Å². The van der Waals surface area contributed by atoms with Gasteiger partial charge in [0.1, 0.15) is 5.70 Å². The number of nitrogens with zero attached hydrogens (tertiary/aromatic N) is 2. The quantitative estimate of drug-likeness (QED) is 0.566. The third-order valence-corrected chi connectivity index (χ3v) is 7.09. The Hall–Kier alpha value is -2.40. The van der Waals surface area contributed by atoms with E-state index in [0.29, 0.717) is 11.3 Å². The second kappa shape index (κ2) is 7.21. The molecule has 2 amide bonds. The van der Waals surface area contributed by atoms with Crippen molar-refractivity contribution in [3.05, 3.63) is 57.9 Å². The van der Waals surface area contributed by atoms with Crippen LogP contribution in [-0.4, -0.2) is 29.3 Å². The summed E-state index contributed by atoms with van der Waals surface area (Å²) in [6.07, 6.45) is 7.35. The molecule has 1 fully saturated rings. The highest BCUT2D eigenvalue weighted by Gasteiger charge is 2.46. The van der Waals surface area contributed by atoms with Crippen LogP contribution in [0, 0.1) is 0 Å². The first-order valence-corrected chi connectivity index (χ1v) is 11.1. The summed E-state index contributed by atoms with van der Waals surface area (Å²) in [5.74, 6) is -0.198. The zero-order chi connectivity index (χ0) is 19.1. The molecule has 0 atom stereocenters. The standard InChI is InChI=1S/C23H24N2O2S/c26-22-20(19-12-7-15-28-19)21(24-14-13-16-8-5-6-11-18(16)24)23(27)25(22)17-9-3-1-2-4-10-17/h5-8,11-12,15,17H,1-4,9-10,13-14H2. The summed E-state index contributed by atoms with van der Waals surface area (Å²) in [5.41, 5.74) is 3.49. The van der Waals surface area contributed by atoms with E-state index in [1.54, 1.807) is 4.90 Å². The van der Waals surface area contributed by atoms with Gasteiger partial charge in [-0.15, -0.1) is 11.3 Å². The molecule has 5 rings (SSSR count). The second-order valence-electron chi connectivity index (χ2n) is 7.86. The average molecular weight is 393 g/mol. The maximum atomic E-state index is 13.6. The molecule has 2 aliphatic heterocycles. The molecule has 4 nitrogen and oxygen atoms in total. The summed E-state index contributed by atoms with van der Waals surface area (Å²) in [4.78, 5) is 31.7. The smallest absolute Gasteiger partial charge is 0.278 e. The van der Waals surface area contributed by atoms with E-state index in [2.05, 4.69) is 17.0 Å². The van der Waals surface area contributed by atoms with Crippen LogP contribution < -0.4 is 4.90 Å². The normalized spacial score (nSPS) is 20.9. The molecule has 0 radical (unpaired) electrons. The molecule has 1 saturated carbocycles. The molecule has 0 spiro atoms. The molecule has 0 unspecified atom stereocenters. The Labute approximate surface area is 169 Å². The lowest BCUT2D eigenvalue weighted by molar-refractivity contribution is -0.139. The zero-order valence-electron chi connectivity index (χ0n) is 15.9. The number of imide groups is 1. The molecule has 0 N–H and O–H groups in total. The van der Waals surface area contributed by atoms with E-state index in [1.807, 2.05) is 29.6 Å². The van der Waals surface area contributed by atoms with Gasteiger partial charge in [-0.25, -0.2) is 0 Å². The maximum absolute atomic E-state index is 13.6. The topological polar surface area (TPSA) is 40.6 Å². The van der Waals surface area contributed by atoms with E-state index in [9.17, 15) is 9.59 Å². The lowest BCUT2D eigenvalue weighted by atomic mass is 10.1. The minimum Gasteiger partial charge on any atom is -0.336 e. The summed E-state index contributed by atoms with van der Waals surface area (Å²) < 4.78 is 0. The molecule has 3 aliphatic rings. The number of fused-ring (bicyclic) bond motifs is 1. The Morgan fingerprint density at radius 1 is 0.893 bits per heavy atom. The number of rotatable bonds is 3. The zero-order valence-corrected chi connectivity index (χ0v) is 16.7. The molecule has 0 bridgehead atoms. The molecular formula is C23H24N2O2S. The van der Waals surface area contributed by atoms with Gasteiger partial charge in [0, 0.05) is 23.2 Å². The monoisotopic (exact) mass is 392 g/mol. The van der Waals surface area contributed by atoms with Gasteiger partial charge in [0.2, 0.25) is 0 Å². The Bertz CT molecular complexity index is 939. The van der Waals surface area contributed by atoms with Crippen molar-refractivity contribution in [3.63, 3.8) is 0 Å². The van der Waals surface area contributed by atoms with Gasteiger partial charge in [-0.1, -0.05) is 49.9 Å². The van der Waals surface area contributed by atoms with Crippen molar-refractivity contribution in [2.24, 2.45) is 0 Å². The largest absolute Gasteiger partial charge is 0.336 e. The lowest BCUT2D eigenvalue weighted by Crippen LogP contribution is -2.42. The lowest BCUT2D eigenvalue weighted by Gasteiger charge is -2.27. The van der Waals surface area contributed by atoms with E-state index in [1.165, 1.54) is 29.7 Å². The van der Waals surface area contributed by atoms with Crippen LogP contribution in [0.1, 0.15) is 49.0 Å². The van der Waals surface area contributed by atoms with Crippen molar-refractivity contribution < 1.29 is 9.59 Å². The summed E-state index contributed by atoms with van der Waals surface area (Å²) in [6, 6.07) is 12.2. The number of para-hydroxylation sites is 1. The van der Waals surface area contributed by atoms with Crippen molar-refractivity contribution in [2.75, 3.05) is 11.4 Å². The van der Waals surface area contributed by atoms with E-state index < -0.39 is 0 Å². The van der Waals surface area contributed by atoms with Gasteiger partial charge < -0.3 is 4.90 Å². The van der Waals surface area contributed by atoms with Crippen LogP contribution in [0.4, 0.5) is 5.69 Å². The highest BCUT2D eigenvalue weighted by Crippen LogP contribution is 2.41. The Morgan fingerprint density at radius 3 is 2.43 bits per heavy atom. The number of carbonyl (C=O) groups excluding carboxylic acids is 2. The average Bonchev–Trinajstić information content (AvgIpc) is 3.36. The van der Waals surface area contributed by atoms with Gasteiger partial charge in [0.05, 0.1) is 5.57 Å². The van der Waals surface area contributed by atoms with E-state index in [-0.39, 0.29) is 17.9 Å². The van der Waals surface area contributed by atoms with E-state index in [0.717, 1.165) is 49.2 Å². The van der Waals surface area contributed by atoms with Gasteiger partial charge in [0.15, 0.2) is 0 Å². The molecule has 1 aliphatic carbocycles. The van der Waals surface area contributed by atoms with Crippen LogP contribution in [0.15, 0.2) is 47.5 Å². The van der Waals surface area contributed by atoms with Gasteiger partial charge >= 0.3 is 0 Å². The van der Waals surface area contributed by atoms with E-state index >= 15 is 0 Å².